The van der Waals surface area contributed by atoms with Crippen molar-refractivity contribution in [2.24, 2.45) is 0 Å². The number of nitrogens with one attached hydrogen (secondary N) is 2. The Bertz CT molecular complexity index is 522. The van der Waals surface area contributed by atoms with Crippen molar-refractivity contribution >= 4 is 40.0 Å². The summed E-state index contributed by atoms with van der Waals surface area (Å²) in [4.78, 5) is 25.1. The molecule has 0 aromatic carbocycles. The highest BCUT2D eigenvalue weighted by Gasteiger charge is 2.25. The van der Waals surface area contributed by atoms with Crippen molar-refractivity contribution in [3.63, 3.8) is 0 Å². The third-order valence-electron chi connectivity index (χ3n) is 3.25. The van der Waals surface area contributed by atoms with Crippen molar-refractivity contribution in [3.8, 4) is 0 Å². The number of methoxy groups -OCH3 is 1. The fraction of sp³-hybridized carbons (Fsp3) is 0.538. The number of thiophene rings is 1. The van der Waals surface area contributed by atoms with Crippen LogP contribution in [0.15, 0.2) is 0 Å². The Hall–Kier alpha value is -1.05. The third kappa shape index (κ3) is 3.16. The van der Waals surface area contributed by atoms with Crippen LogP contribution in [-0.2, 0) is 9.53 Å². The van der Waals surface area contributed by atoms with E-state index in [4.69, 9.17) is 4.74 Å². The molecule has 7 heteroatoms. The van der Waals surface area contributed by atoms with Gasteiger partial charge in [0.1, 0.15) is 5.00 Å². The van der Waals surface area contributed by atoms with E-state index in [0.717, 1.165) is 28.5 Å². The number of anilines is 1. The first-order valence-corrected chi connectivity index (χ1v) is 8.32. The second-order valence-corrected chi connectivity index (χ2v) is 6.92. The number of aryl methyl sites for hydroxylation is 1. The Balaban J connectivity index is 2.18. The zero-order valence-electron chi connectivity index (χ0n) is 11.7. The topological polar surface area (TPSA) is 67.4 Å². The van der Waals surface area contributed by atoms with Crippen molar-refractivity contribution in [2.45, 2.75) is 19.9 Å². The van der Waals surface area contributed by atoms with Crippen LogP contribution in [0.5, 0.6) is 0 Å². The second-order valence-electron chi connectivity index (χ2n) is 4.55. The molecule has 2 N–H and O–H groups in total. The fourth-order valence-electron chi connectivity index (χ4n) is 2.00. The van der Waals surface area contributed by atoms with Crippen LogP contribution in [0.4, 0.5) is 5.00 Å². The number of amides is 1. The molecule has 110 valence electrons. The van der Waals surface area contributed by atoms with Gasteiger partial charge in [0.15, 0.2) is 0 Å². The maximum absolute atomic E-state index is 12.2. The SMILES string of the molecule is COC(=O)c1c(NC(=O)C2CSCCN2)sc(C)c1C. The van der Waals surface area contributed by atoms with Crippen LogP contribution < -0.4 is 10.6 Å². The third-order valence-corrected chi connectivity index (χ3v) is 5.43. The number of thioether (sulfide) groups is 1. The van der Waals surface area contributed by atoms with Crippen molar-refractivity contribution in [1.29, 1.82) is 0 Å². The van der Waals surface area contributed by atoms with Gasteiger partial charge in [-0.05, 0) is 19.4 Å². The van der Waals surface area contributed by atoms with Gasteiger partial charge in [0.25, 0.3) is 0 Å². The lowest BCUT2D eigenvalue weighted by atomic mass is 10.1. The number of rotatable bonds is 3. The molecule has 1 amide bonds. The predicted octanol–water partition coefficient (Wildman–Crippen LogP) is 1.80. The molecule has 20 heavy (non-hydrogen) atoms. The van der Waals surface area contributed by atoms with Crippen LogP contribution in [0.1, 0.15) is 20.8 Å². The minimum absolute atomic E-state index is 0.0939. The minimum Gasteiger partial charge on any atom is -0.465 e. The second kappa shape index (κ2) is 6.60. The van der Waals surface area contributed by atoms with Crippen molar-refractivity contribution in [3.05, 3.63) is 16.0 Å². The zero-order valence-corrected chi connectivity index (χ0v) is 13.4. The average molecular weight is 314 g/mol. The van der Waals surface area contributed by atoms with E-state index in [2.05, 4.69) is 10.6 Å². The number of hydrogen-bond acceptors (Lipinski definition) is 6. The lowest BCUT2D eigenvalue weighted by Gasteiger charge is -2.22. The highest BCUT2D eigenvalue weighted by molar-refractivity contribution is 7.99. The molecule has 1 aliphatic rings. The van der Waals surface area contributed by atoms with Crippen molar-refractivity contribution in [2.75, 3.05) is 30.5 Å². The summed E-state index contributed by atoms with van der Waals surface area (Å²) in [6, 6.07) is -0.207. The minimum atomic E-state index is -0.409. The van der Waals surface area contributed by atoms with Gasteiger partial charge in [-0.25, -0.2) is 4.79 Å². The number of hydrogen-bond donors (Lipinski definition) is 2. The summed E-state index contributed by atoms with van der Waals surface area (Å²) in [6.07, 6.45) is 0. The molecule has 2 rings (SSSR count). The Labute approximate surface area is 126 Å². The molecule has 0 spiro atoms. The van der Waals surface area contributed by atoms with Gasteiger partial charge in [0.05, 0.1) is 18.7 Å². The molecular weight excluding hydrogens is 296 g/mol. The number of carbonyl (C=O) groups excluding carboxylic acids is 2. The van der Waals surface area contributed by atoms with Crippen LogP contribution in [-0.4, -0.2) is 43.1 Å². The molecule has 1 aromatic heterocycles. The van der Waals surface area contributed by atoms with E-state index in [1.165, 1.54) is 18.4 Å². The van der Waals surface area contributed by atoms with E-state index >= 15 is 0 Å². The first kappa shape index (κ1) is 15.3. The highest BCUT2D eigenvalue weighted by Crippen LogP contribution is 2.33. The van der Waals surface area contributed by atoms with Crippen LogP contribution in [0.3, 0.4) is 0 Å². The molecule has 0 bridgehead atoms. The Kier molecular flexibility index (Phi) is 5.06. The summed E-state index contributed by atoms with van der Waals surface area (Å²) >= 11 is 3.16. The number of carbonyl (C=O) groups is 2. The van der Waals surface area contributed by atoms with E-state index in [-0.39, 0.29) is 11.9 Å². The Morgan fingerprint density at radius 1 is 1.40 bits per heavy atom. The molecule has 1 aromatic rings. The summed E-state index contributed by atoms with van der Waals surface area (Å²) < 4.78 is 4.79. The van der Waals surface area contributed by atoms with Crippen LogP contribution in [0.2, 0.25) is 0 Å². The highest BCUT2D eigenvalue weighted by atomic mass is 32.2. The summed E-state index contributed by atoms with van der Waals surface area (Å²) in [5.74, 6) is 1.27. The lowest BCUT2D eigenvalue weighted by Crippen LogP contribution is -2.46. The van der Waals surface area contributed by atoms with E-state index in [1.807, 2.05) is 13.8 Å². The smallest absolute Gasteiger partial charge is 0.341 e. The first-order valence-electron chi connectivity index (χ1n) is 6.35. The predicted molar refractivity (Wildman–Crippen MR) is 82.9 cm³/mol. The summed E-state index contributed by atoms with van der Waals surface area (Å²) in [6.45, 7) is 4.62. The van der Waals surface area contributed by atoms with E-state index in [1.54, 1.807) is 11.8 Å². The first-order chi connectivity index (χ1) is 9.54. The molecule has 5 nitrogen and oxygen atoms in total. The fourth-order valence-corrected chi connectivity index (χ4v) is 3.98. The van der Waals surface area contributed by atoms with Crippen LogP contribution in [0, 0.1) is 13.8 Å². The quantitative estimate of drug-likeness (QED) is 0.833. The molecule has 0 saturated carbocycles. The van der Waals surface area contributed by atoms with Gasteiger partial charge in [0, 0.05) is 22.9 Å². The normalized spacial score (nSPS) is 18.6. The molecule has 2 heterocycles. The van der Waals surface area contributed by atoms with Gasteiger partial charge in [0.2, 0.25) is 5.91 Å². The van der Waals surface area contributed by atoms with Gasteiger partial charge in [-0.3, -0.25) is 4.79 Å². The Morgan fingerprint density at radius 3 is 2.75 bits per heavy atom. The molecule has 1 atom stereocenters. The molecule has 1 unspecified atom stereocenters. The van der Waals surface area contributed by atoms with E-state index in [9.17, 15) is 9.59 Å². The summed E-state index contributed by atoms with van der Waals surface area (Å²) in [7, 11) is 1.35. The van der Waals surface area contributed by atoms with Gasteiger partial charge in [-0.2, -0.15) is 11.8 Å². The average Bonchev–Trinajstić information content (AvgIpc) is 2.74. The molecular formula is C13H18N2O3S2. The van der Waals surface area contributed by atoms with Gasteiger partial charge < -0.3 is 15.4 Å². The van der Waals surface area contributed by atoms with Gasteiger partial charge in [-0.1, -0.05) is 0 Å². The van der Waals surface area contributed by atoms with E-state index < -0.39 is 5.97 Å². The lowest BCUT2D eigenvalue weighted by molar-refractivity contribution is -0.117. The summed E-state index contributed by atoms with van der Waals surface area (Å²) in [5.41, 5.74) is 1.33. The Morgan fingerprint density at radius 2 is 2.15 bits per heavy atom. The van der Waals surface area contributed by atoms with Gasteiger partial charge in [-0.15, -0.1) is 11.3 Å². The largest absolute Gasteiger partial charge is 0.465 e. The number of ether oxygens (including phenoxy) is 1. The molecule has 1 saturated heterocycles. The van der Waals surface area contributed by atoms with Gasteiger partial charge >= 0.3 is 5.97 Å². The van der Waals surface area contributed by atoms with E-state index in [0.29, 0.717) is 10.6 Å². The summed E-state index contributed by atoms with van der Waals surface area (Å²) in [5, 5.41) is 6.62. The molecule has 1 fully saturated rings. The molecule has 1 aliphatic heterocycles. The standard InChI is InChI=1S/C13H18N2O3S2/c1-7-8(2)20-12(10(7)13(17)18-3)15-11(16)9-6-19-5-4-14-9/h9,14H,4-6H2,1-3H3,(H,15,16). The molecule has 0 radical (unpaired) electrons. The number of esters is 1. The van der Waals surface area contributed by atoms with Crippen LogP contribution in [0.25, 0.3) is 0 Å². The molecule has 0 aliphatic carbocycles. The maximum atomic E-state index is 12.2. The van der Waals surface area contributed by atoms with Crippen molar-refractivity contribution < 1.29 is 14.3 Å². The van der Waals surface area contributed by atoms with Crippen molar-refractivity contribution in [1.82, 2.24) is 5.32 Å². The zero-order chi connectivity index (χ0) is 14.7. The van der Waals surface area contributed by atoms with Crippen LogP contribution >= 0.6 is 23.1 Å². The monoisotopic (exact) mass is 314 g/mol. The maximum Gasteiger partial charge on any atom is 0.341 e.